The monoisotopic (exact) mass is 1570 g/mol. The number of rotatable bonds is 42. The first-order chi connectivity index (χ1) is 33.5. The third-order valence-corrected chi connectivity index (χ3v) is 46.4. The molecule has 2 amide bonds. The molecule has 6 unspecified atom stereocenters. The molecule has 0 rings (SSSR count). The van der Waals surface area contributed by atoms with Crippen molar-refractivity contribution in [2.24, 2.45) is 23.7 Å². The summed E-state index contributed by atoms with van der Waals surface area (Å²) in [4.78, 5) is 50.5. The standard InChI is InChI=1S/C48H114N4O13Si10.10CH4.2Y/c1-41(39-74(23,61-68(9,10)11)64-72(19,20)59-66(3,4)5)37-49-29-26-30-52-47(56)43(36-46(54)55)28-34-71(17,18)63-70(15,16)33-25-27-44(48(57)58)35-45(53)51-32-31-50-38-42(2)40-75(24,62-69(12,13)14)65-73(21,22)60-67(6,7)8;;;;;;;;;;;;/h41-44,49-50H,25-40H2,1-24H3,(H,51,53)(H,52,56)(H,54,55)(H,57,58);10*1H4;;. The van der Waals surface area contributed by atoms with E-state index in [9.17, 15) is 29.4 Å². The van der Waals surface area contributed by atoms with Crippen LogP contribution in [0.15, 0.2) is 0 Å². The maximum Gasteiger partial charge on any atom is 0.316 e. The Bertz CT molecular complexity index is 1770. The number of carboxylic acids is 2. The molecule has 0 aliphatic carbocycles. The van der Waals surface area contributed by atoms with E-state index in [1.165, 1.54) is 0 Å². The number of carboxylic acid groups (broad SMARTS) is 2. The van der Waals surface area contributed by atoms with Crippen LogP contribution >= 0.6 is 0 Å². The number of hydrogen-bond acceptors (Lipinski definition) is 13. The Morgan fingerprint density at radius 2 is 0.770 bits per heavy atom. The van der Waals surface area contributed by atoms with E-state index in [0.717, 1.165) is 31.2 Å². The van der Waals surface area contributed by atoms with Crippen LogP contribution in [-0.2, 0) is 113 Å². The molecule has 17 nitrogen and oxygen atoms in total. The average molecular weight is 1570 g/mol. The van der Waals surface area contributed by atoms with Crippen molar-refractivity contribution >= 4 is 108 Å². The van der Waals surface area contributed by atoms with Gasteiger partial charge in [-0.05, 0) is 219 Å². The number of carbonyl (C=O) groups is 4. The molecule has 6 atom stereocenters. The maximum absolute atomic E-state index is 13.4. The Hall–Kier alpha value is 1.90. The summed E-state index contributed by atoms with van der Waals surface area (Å²) < 4.78 is 47.2. The van der Waals surface area contributed by atoms with Crippen LogP contribution < -0.4 is 21.3 Å². The Morgan fingerprint density at radius 1 is 0.402 bits per heavy atom. The van der Waals surface area contributed by atoms with Crippen molar-refractivity contribution in [1.29, 1.82) is 0 Å². The van der Waals surface area contributed by atoms with Crippen LogP contribution in [0.1, 0.15) is 127 Å². The molecule has 0 heterocycles. The SMILES string of the molecule is C.C.C.C.C.C.C.C.C.C.CC(CNCCCNC(=O)C(CC[Si](C)(C)O[Si](C)(C)CCCC(CC(=O)NCCNCC(C)C[Si](C)(O[Si](C)(C)C)O[Si](C)(C)O[Si](C)(C)C)C(=O)O)CC(=O)O)C[Si](C)(O[Si](C)(C)C)O[Si](C)(C)O[Si](C)(C)C.[Y].[Y]. The second-order valence-electron chi connectivity index (χ2n) is 27.7. The van der Waals surface area contributed by atoms with E-state index < -0.39 is 108 Å². The molecule has 0 aliphatic heterocycles. The zero-order valence-electron chi connectivity index (χ0n) is 53.2. The van der Waals surface area contributed by atoms with Crippen LogP contribution in [0, 0.1) is 23.7 Å². The van der Waals surface area contributed by atoms with E-state index in [1.807, 2.05) is 0 Å². The van der Waals surface area contributed by atoms with Crippen molar-refractivity contribution in [3.05, 3.63) is 0 Å². The maximum atomic E-state index is 13.4. The molecule has 0 saturated carbocycles. The average Bonchev–Trinajstić information content (AvgIpc) is 3.11. The van der Waals surface area contributed by atoms with Crippen LogP contribution in [0.2, 0.25) is 168 Å². The molecule has 87 heavy (non-hydrogen) atoms. The topological polar surface area (TPSA) is 221 Å². The van der Waals surface area contributed by atoms with Gasteiger partial charge in [-0.15, -0.1) is 0 Å². The first-order valence-electron chi connectivity index (χ1n) is 27.9. The van der Waals surface area contributed by atoms with Crippen LogP contribution in [-0.4, -0.2) is 157 Å². The first kappa shape index (κ1) is 119. The van der Waals surface area contributed by atoms with E-state index in [4.69, 9.17) is 28.8 Å². The fourth-order valence-electron chi connectivity index (χ4n) is 10.3. The zero-order valence-corrected chi connectivity index (χ0v) is 68.8. The largest absolute Gasteiger partial charge is 0.481 e. The molecule has 0 aromatic rings. The number of carbonyl (C=O) groups excluding carboxylic acids is 2. The Balaban J connectivity index is -0.000000415. The number of hydrogen-bond donors (Lipinski definition) is 6. The molecule has 0 spiro atoms. The predicted octanol–water partition coefficient (Wildman–Crippen LogP) is 17.2. The van der Waals surface area contributed by atoms with Gasteiger partial charge in [-0.25, -0.2) is 0 Å². The molecule has 6 N–H and O–H groups in total. The summed E-state index contributed by atoms with van der Waals surface area (Å²) >= 11 is 0. The molecule has 0 aliphatic rings. The van der Waals surface area contributed by atoms with Crippen LogP contribution in [0.25, 0.3) is 0 Å². The summed E-state index contributed by atoms with van der Waals surface area (Å²) in [5.41, 5.74) is 0. The van der Waals surface area contributed by atoms with E-state index in [0.29, 0.717) is 63.8 Å². The molecule has 29 heteroatoms. The molecule has 530 valence electrons. The van der Waals surface area contributed by atoms with E-state index in [1.54, 1.807) is 0 Å². The summed E-state index contributed by atoms with van der Waals surface area (Å²) in [5.74, 6) is -3.41. The number of amides is 2. The second kappa shape index (κ2) is 52.1. The summed E-state index contributed by atoms with van der Waals surface area (Å²) in [6.07, 6.45) is 1.75. The third kappa shape index (κ3) is 65.0. The van der Waals surface area contributed by atoms with Gasteiger partial charge < -0.3 is 60.3 Å². The Morgan fingerprint density at radius 3 is 1.13 bits per heavy atom. The minimum absolute atomic E-state index is 0. The van der Waals surface area contributed by atoms with Crippen LogP contribution in [0.3, 0.4) is 0 Å². The van der Waals surface area contributed by atoms with Crippen molar-refractivity contribution < 1.29 is 124 Å². The summed E-state index contributed by atoms with van der Waals surface area (Å²) in [5, 5.41) is 32.7. The van der Waals surface area contributed by atoms with E-state index in [-0.39, 0.29) is 170 Å². The van der Waals surface area contributed by atoms with Crippen molar-refractivity contribution in [2.45, 2.75) is 295 Å². The molecule has 0 saturated heterocycles. The van der Waals surface area contributed by atoms with Crippen molar-refractivity contribution in [1.82, 2.24) is 21.3 Å². The van der Waals surface area contributed by atoms with E-state index in [2.05, 4.69) is 179 Å². The Kier molecular flexibility index (Phi) is 71.4. The summed E-state index contributed by atoms with van der Waals surface area (Å²) in [6.45, 7) is 55.7. The molecule has 2 radical (unpaired) electrons. The van der Waals surface area contributed by atoms with Gasteiger partial charge in [0.25, 0.3) is 0 Å². The summed E-state index contributed by atoms with van der Waals surface area (Å²) in [6, 6.07) is 3.01. The molecule has 0 aromatic heterocycles. The van der Waals surface area contributed by atoms with Crippen LogP contribution in [0.5, 0.6) is 0 Å². The van der Waals surface area contributed by atoms with Crippen LogP contribution in [0.4, 0.5) is 0 Å². The van der Waals surface area contributed by atoms with Gasteiger partial charge in [-0.1, -0.05) is 94.5 Å². The predicted molar refractivity (Wildman–Crippen MR) is 401 cm³/mol. The third-order valence-electron chi connectivity index (χ3n) is 11.5. The molecular formula is C58H154N4O13Si10Y2. The Labute approximate surface area is 604 Å². The van der Waals surface area contributed by atoms with E-state index >= 15 is 0 Å². The molecular weight excluding hydrogens is 1420 g/mol. The van der Waals surface area contributed by atoms with Gasteiger partial charge in [-0.2, -0.15) is 0 Å². The molecule has 0 fully saturated rings. The number of nitrogens with one attached hydrogen (secondary N) is 4. The fourth-order valence-corrected chi connectivity index (χ4v) is 56.0. The first-order valence-corrected chi connectivity index (χ1v) is 58.4. The van der Waals surface area contributed by atoms with Gasteiger partial charge in [-0.3, -0.25) is 19.2 Å². The summed E-state index contributed by atoms with van der Waals surface area (Å²) in [7, 11) is -21.9. The minimum Gasteiger partial charge on any atom is -0.481 e. The van der Waals surface area contributed by atoms with Crippen molar-refractivity contribution in [3.63, 3.8) is 0 Å². The minimum atomic E-state index is -2.56. The van der Waals surface area contributed by atoms with Gasteiger partial charge in [0.05, 0.1) is 12.3 Å². The van der Waals surface area contributed by atoms with Crippen molar-refractivity contribution in [3.8, 4) is 0 Å². The zero-order chi connectivity index (χ0) is 58.7. The molecule has 0 bridgehead atoms. The fraction of sp³-hybridized carbons (Fsp3) is 0.931. The second-order valence-corrected chi connectivity index (χ2v) is 69.3. The molecule has 0 aromatic carbocycles. The number of aliphatic carboxylic acids is 2. The van der Waals surface area contributed by atoms with Crippen molar-refractivity contribution in [2.75, 3.05) is 39.3 Å². The normalized spacial score (nSPS) is 14.5. The quantitative estimate of drug-likeness (QED) is 0.0247. The van der Waals surface area contributed by atoms with Gasteiger partial charge in [0.1, 0.15) is 0 Å². The van der Waals surface area contributed by atoms with Gasteiger partial charge in [0.15, 0.2) is 49.9 Å². The van der Waals surface area contributed by atoms with Gasteiger partial charge >= 0.3 is 46.2 Å². The van der Waals surface area contributed by atoms with Gasteiger partial charge in [0, 0.05) is 97.4 Å². The smallest absolute Gasteiger partial charge is 0.316 e. The van der Waals surface area contributed by atoms with Gasteiger partial charge in [0.2, 0.25) is 11.8 Å².